The van der Waals surface area contributed by atoms with Crippen LogP contribution in [0.5, 0.6) is 5.75 Å². The number of nitrogens with two attached hydrogens (primary N) is 1. The molecule has 4 heteroatoms. The van der Waals surface area contributed by atoms with Crippen molar-refractivity contribution in [2.45, 2.75) is 52.3 Å². The number of rotatable bonds is 3. The Bertz CT molecular complexity index is 483. The average molecular weight is 262 g/mol. The Morgan fingerprint density at radius 3 is 2.58 bits per heavy atom. The van der Waals surface area contributed by atoms with E-state index in [9.17, 15) is 4.79 Å². The molecule has 2 rings (SSSR count). The lowest BCUT2D eigenvalue weighted by atomic mass is 10.0. The lowest BCUT2D eigenvalue weighted by Crippen LogP contribution is -2.48. The second-order valence-corrected chi connectivity index (χ2v) is 5.33. The molecule has 0 spiro atoms. The van der Waals surface area contributed by atoms with Crippen LogP contribution in [0.4, 0.5) is 5.69 Å². The minimum atomic E-state index is -0.379. The maximum atomic E-state index is 12.4. The largest absolute Gasteiger partial charge is 0.478 e. The van der Waals surface area contributed by atoms with Crippen molar-refractivity contribution in [3.8, 4) is 5.75 Å². The van der Waals surface area contributed by atoms with Gasteiger partial charge in [0.15, 0.2) is 6.10 Å². The lowest BCUT2D eigenvalue weighted by molar-refractivity contribution is -0.126. The molecule has 0 saturated carbocycles. The summed E-state index contributed by atoms with van der Waals surface area (Å²) >= 11 is 0. The van der Waals surface area contributed by atoms with Gasteiger partial charge in [0.25, 0.3) is 5.91 Å². The van der Waals surface area contributed by atoms with Crippen molar-refractivity contribution in [2.75, 3.05) is 4.90 Å². The zero-order valence-corrected chi connectivity index (χ0v) is 12.0. The molecule has 2 atom stereocenters. The van der Waals surface area contributed by atoms with Crippen LogP contribution < -0.4 is 15.4 Å². The molecular formula is C15H22N2O2. The average Bonchev–Trinajstić information content (AvgIpc) is 2.36. The Labute approximate surface area is 114 Å². The number of amides is 1. The summed E-state index contributed by atoms with van der Waals surface area (Å²) in [5.41, 5.74) is 7.76. The third-order valence-electron chi connectivity index (χ3n) is 3.44. The summed E-state index contributed by atoms with van der Waals surface area (Å²) < 4.78 is 5.78. The van der Waals surface area contributed by atoms with E-state index < -0.39 is 0 Å². The summed E-state index contributed by atoms with van der Waals surface area (Å²) in [5.74, 6) is 0.802. The van der Waals surface area contributed by atoms with E-state index in [1.54, 1.807) is 0 Å². The van der Waals surface area contributed by atoms with Crippen molar-refractivity contribution in [1.29, 1.82) is 0 Å². The van der Waals surface area contributed by atoms with E-state index in [1.807, 2.05) is 50.8 Å². The van der Waals surface area contributed by atoms with Crippen LogP contribution in [0.15, 0.2) is 18.2 Å². The number of carbonyl (C=O) groups excluding carboxylic acids is 1. The molecule has 4 nitrogen and oxygen atoms in total. The van der Waals surface area contributed by atoms with E-state index in [2.05, 4.69) is 0 Å². The minimum absolute atomic E-state index is 0.0341. The third-order valence-corrected chi connectivity index (χ3v) is 3.44. The number of benzene rings is 1. The summed E-state index contributed by atoms with van der Waals surface area (Å²) in [6, 6.07) is 5.89. The van der Waals surface area contributed by atoms with Crippen molar-refractivity contribution in [1.82, 2.24) is 0 Å². The first-order chi connectivity index (χ1) is 8.95. The first-order valence-corrected chi connectivity index (χ1v) is 6.85. The maximum Gasteiger partial charge on any atom is 0.268 e. The van der Waals surface area contributed by atoms with Crippen LogP contribution >= 0.6 is 0 Å². The van der Waals surface area contributed by atoms with Gasteiger partial charge in [0.2, 0.25) is 0 Å². The van der Waals surface area contributed by atoms with Gasteiger partial charge in [0, 0.05) is 12.1 Å². The minimum Gasteiger partial charge on any atom is -0.478 e. The van der Waals surface area contributed by atoms with Crippen molar-refractivity contribution in [2.24, 2.45) is 5.73 Å². The molecule has 2 unspecified atom stereocenters. The van der Waals surface area contributed by atoms with Crippen molar-refractivity contribution in [3.63, 3.8) is 0 Å². The fraction of sp³-hybridized carbons (Fsp3) is 0.533. The molecular weight excluding hydrogens is 240 g/mol. The van der Waals surface area contributed by atoms with Crippen molar-refractivity contribution >= 4 is 11.6 Å². The zero-order valence-electron chi connectivity index (χ0n) is 12.0. The fourth-order valence-electron chi connectivity index (χ4n) is 2.37. The number of fused-ring (bicyclic) bond motifs is 1. The fourth-order valence-corrected chi connectivity index (χ4v) is 2.37. The highest BCUT2D eigenvalue weighted by molar-refractivity contribution is 6.00. The Kier molecular flexibility index (Phi) is 3.80. The first-order valence-electron chi connectivity index (χ1n) is 6.85. The highest BCUT2D eigenvalue weighted by atomic mass is 16.5. The SMILES string of the molecule is CCC1Oc2ccc(C(C)N)cc2N(C(C)C)C1=O. The molecule has 0 saturated heterocycles. The predicted molar refractivity (Wildman–Crippen MR) is 76.4 cm³/mol. The molecule has 1 aromatic carbocycles. The van der Waals surface area contributed by atoms with Gasteiger partial charge in [-0.05, 0) is 44.9 Å². The van der Waals surface area contributed by atoms with E-state index in [0.29, 0.717) is 6.42 Å². The maximum absolute atomic E-state index is 12.4. The van der Waals surface area contributed by atoms with Crippen LogP contribution in [0.2, 0.25) is 0 Å². The number of ether oxygens (including phenoxy) is 1. The Morgan fingerprint density at radius 2 is 2.05 bits per heavy atom. The molecule has 1 aliphatic heterocycles. The van der Waals surface area contributed by atoms with Crippen molar-refractivity contribution in [3.05, 3.63) is 23.8 Å². The Balaban J connectivity index is 2.50. The molecule has 1 aliphatic rings. The number of hydrogen-bond acceptors (Lipinski definition) is 3. The molecule has 1 amide bonds. The zero-order chi connectivity index (χ0) is 14.2. The highest BCUT2D eigenvalue weighted by Crippen LogP contribution is 2.37. The second kappa shape index (κ2) is 5.21. The smallest absolute Gasteiger partial charge is 0.268 e. The molecule has 0 aliphatic carbocycles. The lowest BCUT2D eigenvalue weighted by Gasteiger charge is -2.37. The van der Waals surface area contributed by atoms with Crippen molar-refractivity contribution < 1.29 is 9.53 Å². The van der Waals surface area contributed by atoms with Gasteiger partial charge in [-0.25, -0.2) is 0 Å². The number of anilines is 1. The topological polar surface area (TPSA) is 55.6 Å². The van der Waals surface area contributed by atoms with Crippen LogP contribution in [0.3, 0.4) is 0 Å². The monoisotopic (exact) mass is 262 g/mol. The van der Waals surface area contributed by atoms with Gasteiger partial charge >= 0.3 is 0 Å². The van der Waals surface area contributed by atoms with Gasteiger partial charge in [0.1, 0.15) is 5.75 Å². The number of carbonyl (C=O) groups is 1. The van der Waals surface area contributed by atoms with Crippen LogP contribution in [0.1, 0.15) is 45.7 Å². The molecule has 0 bridgehead atoms. The van der Waals surface area contributed by atoms with E-state index in [1.165, 1.54) is 0 Å². The first kappa shape index (κ1) is 13.9. The van der Waals surface area contributed by atoms with Gasteiger partial charge in [-0.1, -0.05) is 13.0 Å². The molecule has 19 heavy (non-hydrogen) atoms. The number of hydrogen-bond donors (Lipinski definition) is 1. The standard InChI is InChI=1S/C15H22N2O2/c1-5-13-15(18)17(9(2)3)12-8-11(10(4)16)6-7-14(12)19-13/h6-10,13H,5,16H2,1-4H3. The van der Waals surface area contributed by atoms with E-state index in [-0.39, 0.29) is 24.1 Å². The van der Waals surface area contributed by atoms with E-state index >= 15 is 0 Å². The van der Waals surface area contributed by atoms with Crippen LogP contribution in [-0.2, 0) is 4.79 Å². The van der Waals surface area contributed by atoms with Gasteiger partial charge in [0.05, 0.1) is 5.69 Å². The quantitative estimate of drug-likeness (QED) is 0.911. The normalized spacial score (nSPS) is 20.2. The molecule has 1 heterocycles. The van der Waals surface area contributed by atoms with E-state index in [4.69, 9.17) is 10.5 Å². The van der Waals surface area contributed by atoms with E-state index in [0.717, 1.165) is 17.0 Å². The Hall–Kier alpha value is -1.55. The summed E-state index contributed by atoms with van der Waals surface area (Å²) in [7, 11) is 0. The molecule has 1 aromatic rings. The highest BCUT2D eigenvalue weighted by Gasteiger charge is 2.34. The summed E-state index contributed by atoms with van der Waals surface area (Å²) in [6.07, 6.45) is 0.298. The van der Waals surface area contributed by atoms with Gasteiger partial charge in [-0.2, -0.15) is 0 Å². The van der Waals surface area contributed by atoms with Crippen LogP contribution in [0, 0.1) is 0 Å². The molecule has 2 N–H and O–H groups in total. The van der Waals surface area contributed by atoms with Gasteiger partial charge in [-0.15, -0.1) is 0 Å². The summed E-state index contributed by atoms with van der Waals surface area (Å²) in [6.45, 7) is 7.92. The number of nitrogens with zero attached hydrogens (tertiary/aromatic N) is 1. The van der Waals surface area contributed by atoms with Crippen LogP contribution in [-0.4, -0.2) is 18.1 Å². The molecule has 104 valence electrons. The van der Waals surface area contributed by atoms with Crippen LogP contribution in [0.25, 0.3) is 0 Å². The molecule has 0 fully saturated rings. The second-order valence-electron chi connectivity index (χ2n) is 5.33. The molecule has 0 aromatic heterocycles. The predicted octanol–water partition coefficient (Wildman–Crippen LogP) is 2.62. The Morgan fingerprint density at radius 1 is 1.37 bits per heavy atom. The summed E-state index contributed by atoms with van der Waals surface area (Å²) in [4.78, 5) is 14.2. The van der Waals surface area contributed by atoms with Gasteiger partial charge < -0.3 is 15.4 Å². The third kappa shape index (κ3) is 2.45. The molecule has 0 radical (unpaired) electrons. The summed E-state index contributed by atoms with van der Waals surface area (Å²) in [5, 5.41) is 0. The van der Waals surface area contributed by atoms with Gasteiger partial charge in [-0.3, -0.25) is 4.79 Å².